The number of alkyl halides is 2. The smallest absolute Gasteiger partial charge is 0.426 e. The van der Waals surface area contributed by atoms with Crippen molar-refractivity contribution in [3.63, 3.8) is 0 Å². The van der Waals surface area contributed by atoms with Crippen LogP contribution in [0.2, 0.25) is 5.02 Å². The molecule has 26 heavy (non-hydrogen) atoms. The zero-order valence-electron chi connectivity index (χ0n) is 14.2. The van der Waals surface area contributed by atoms with Crippen molar-refractivity contribution in [1.82, 2.24) is 0 Å². The lowest BCUT2D eigenvalue weighted by Crippen LogP contribution is -2.22. The van der Waals surface area contributed by atoms with Crippen LogP contribution in [0.5, 0.6) is 5.75 Å². The van der Waals surface area contributed by atoms with Crippen molar-refractivity contribution in [2.24, 2.45) is 5.92 Å². The Labute approximate surface area is 154 Å². The van der Waals surface area contributed by atoms with Crippen LogP contribution in [0.4, 0.5) is 17.6 Å². The van der Waals surface area contributed by atoms with Gasteiger partial charge in [0.25, 0.3) is 0 Å². The van der Waals surface area contributed by atoms with Gasteiger partial charge in [0, 0.05) is 0 Å². The summed E-state index contributed by atoms with van der Waals surface area (Å²) in [6.45, 7) is 2.19. The average Bonchev–Trinajstić information content (AvgIpc) is 2.59. The molecule has 1 aliphatic rings. The molecule has 0 saturated heterocycles. The minimum atomic E-state index is -3.88. The summed E-state index contributed by atoms with van der Waals surface area (Å²) in [4.78, 5) is 0. The van der Waals surface area contributed by atoms with Gasteiger partial charge >= 0.3 is 6.11 Å². The fourth-order valence-corrected chi connectivity index (χ4v) is 3.44. The van der Waals surface area contributed by atoms with Gasteiger partial charge < -0.3 is 4.74 Å². The minimum absolute atomic E-state index is 0.237. The van der Waals surface area contributed by atoms with E-state index in [1.54, 1.807) is 6.07 Å². The van der Waals surface area contributed by atoms with Gasteiger partial charge in [0.1, 0.15) is 5.82 Å². The van der Waals surface area contributed by atoms with Crippen LogP contribution in [-0.2, 0) is 6.11 Å². The molecule has 0 unspecified atom stereocenters. The van der Waals surface area contributed by atoms with Gasteiger partial charge in [0.2, 0.25) is 0 Å². The van der Waals surface area contributed by atoms with Gasteiger partial charge in [0.05, 0.1) is 10.6 Å². The van der Waals surface area contributed by atoms with E-state index in [1.807, 2.05) is 0 Å². The first-order chi connectivity index (χ1) is 12.3. The predicted molar refractivity (Wildman–Crippen MR) is 92.7 cm³/mol. The fourth-order valence-electron chi connectivity index (χ4n) is 3.32. The summed E-state index contributed by atoms with van der Waals surface area (Å²) in [5, 5.41) is -0.276. The van der Waals surface area contributed by atoms with E-state index in [0.717, 1.165) is 43.4 Å². The summed E-state index contributed by atoms with van der Waals surface area (Å²) in [7, 11) is 0. The first kappa shape index (κ1) is 19.0. The lowest BCUT2D eigenvalue weighted by atomic mass is 9.79. The molecule has 1 nitrogen and oxygen atoms in total. The van der Waals surface area contributed by atoms with Crippen LogP contribution in [0.1, 0.15) is 49.7 Å². The Morgan fingerprint density at radius 3 is 2.27 bits per heavy atom. The Balaban J connectivity index is 1.78. The average molecular weight is 387 g/mol. The largest absolute Gasteiger partial charge is 0.426 e. The molecule has 0 bridgehead atoms. The molecule has 0 heterocycles. The van der Waals surface area contributed by atoms with E-state index in [0.29, 0.717) is 12.0 Å². The van der Waals surface area contributed by atoms with Gasteiger partial charge in [-0.25, -0.2) is 8.78 Å². The van der Waals surface area contributed by atoms with E-state index < -0.39 is 29.1 Å². The molecule has 0 amide bonds. The van der Waals surface area contributed by atoms with Gasteiger partial charge in [-0.05, 0) is 60.6 Å². The van der Waals surface area contributed by atoms with Crippen LogP contribution in [0.3, 0.4) is 0 Å². The Kier molecular flexibility index (Phi) is 5.47. The van der Waals surface area contributed by atoms with Crippen molar-refractivity contribution in [2.75, 3.05) is 0 Å². The zero-order valence-corrected chi connectivity index (χ0v) is 15.0. The van der Waals surface area contributed by atoms with E-state index in [1.165, 1.54) is 12.1 Å². The van der Waals surface area contributed by atoms with E-state index in [4.69, 9.17) is 11.6 Å². The topological polar surface area (TPSA) is 9.23 Å². The summed E-state index contributed by atoms with van der Waals surface area (Å²) in [6.07, 6.45) is 0.186. The summed E-state index contributed by atoms with van der Waals surface area (Å²) in [5.74, 6) is -1.51. The standard InChI is InChI=1S/C20H19ClF4O/c1-12-2-4-13(5-3-12)14-6-9-19(18(23)10-14)26-20(24,25)15-7-8-16(21)17(22)11-15/h6-13H,2-5H2,1H3. The van der Waals surface area contributed by atoms with Gasteiger partial charge in [-0.15, -0.1) is 0 Å². The van der Waals surface area contributed by atoms with Gasteiger partial charge in [0.15, 0.2) is 11.6 Å². The number of hydrogen-bond donors (Lipinski definition) is 0. The Morgan fingerprint density at radius 2 is 1.65 bits per heavy atom. The van der Waals surface area contributed by atoms with Crippen molar-refractivity contribution < 1.29 is 22.3 Å². The van der Waals surface area contributed by atoms with Crippen LogP contribution in [0.15, 0.2) is 36.4 Å². The molecule has 2 aromatic carbocycles. The van der Waals surface area contributed by atoms with Crippen LogP contribution in [0.25, 0.3) is 0 Å². The van der Waals surface area contributed by atoms with Crippen LogP contribution in [0, 0.1) is 17.6 Å². The van der Waals surface area contributed by atoms with Gasteiger partial charge in [-0.2, -0.15) is 8.78 Å². The molecule has 140 valence electrons. The third-order valence-corrected chi connectivity index (χ3v) is 5.24. The number of benzene rings is 2. The molecule has 0 atom stereocenters. The third kappa shape index (κ3) is 4.14. The van der Waals surface area contributed by atoms with E-state index in [2.05, 4.69) is 11.7 Å². The Bertz CT molecular complexity index is 785. The number of halogens is 5. The maximum absolute atomic E-state index is 14.3. The Hall–Kier alpha value is -1.75. The predicted octanol–water partition coefficient (Wildman–Crippen LogP) is 7.04. The molecular weight excluding hydrogens is 368 g/mol. The van der Waals surface area contributed by atoms with Crippen molar-refractivity contribution >= 4 is 11.6 Å². The van der Waals surface area contributed by atoms with E-state index in [-0.39, 0.29) is 10.9 Å². The monoisotopic (exact) mass is 386 g/mol. The molecule has 0 aromatic heterocycles. The zero-order chi connectivity index (χ0) is 18.9. The van der Waals surface area contributed by atoms with Crippen molar-refractivity contribution in [3.8, 4) is 5.75 Å². The highest BCUT2D eigenvalue weighted by Gasteiger charge is 2.36. The van der Waals surface area contributed by atoms with E-state index >= 15 is 0 Å². The van der Waals surface area contributed by atoms with Crippen molar-refractivity contribution in [1.29, 1.82) is 0 Å². The second-order valence-corrected chi connectivity index (χ2v) is 7.30. The normalized spacial score (nSPS) is 20.8. The molecule has 1 fully saturated rings. The summed E-state index contributed by atoms with van der Waals surface area (Å²) in [5.41, 5.74) is 0.0618. The van der Waals surface area contributed by atoms with Crippen LogP contribution >= 0.6 is 11.6 Å². The van der Waals surface area contributed by atoms with Crippen molar-refractivity contribution in [3.05, 3.63) is 64.2 Å². The number of hydrogen-bond acceptors (Lipinski definition) is 1. The second-order valence-electron chi connectivity index (χ2n) is 6.89. The molecule has 1 aliphatic carbocycles. The first-order valence-electron chi connectivity index (χ1n) is 8.58. The number of ether oxygens (including phenoxy) is 1. The summed E-state index contributed by atoms with van der Waals surface area (Å²) >= 11 is 5.50. The maximum atomic E-state index is 14.3. The molecule has 0 spiro atoms. The minimum Gasteiger partial charge on any atom is -0.426 e. The van der Waals surface area contributed by atoms with Crippen LogP contribution < -0.4 is 4.74 Å². The SMILES string of the molecule is CC1CCC(c2ccc(OC(F)(F)c3ccc(Cl)c(F)c3)c(F)c2)CC1. The molecule has 3 rings (SSSR count). The quantitative estimate of drug-likeness (QED) is 0.512. The fraction of sp³-hybridized carbons (Fsp3) is 0.400. The van der Waals surface area contributed by atoms with Gasteiger partial charge in [-0.3, -0.25) is 0 Å². The molecular formula is C20H19ClF4O. The maximum Gasteiger partial charge on any atom is 0.426 e. The van der Waals surface area contributed by atoms with Gasteiger partial charge in [-0.1, -0.05) is 37.4 Å². The van der Waals surface area contributed by atoms with E-state index in [9.17, 15) is 17.6 Å². The second kappa shape index (κ2) is 7.47. The molecule has 1 saturated carbocycles. The lowest BCUT2D eigenvalue weighted by Gasteiger charge is -2.27. The highest BCUT2D eigenvalue weighted by atomic mass is 35.5. The molecule has 0 aliphatic heterocycles. The molecule has 0 radical (unpaired) electrons. The summed E-state index contributed by atoms with van der Waals surface area (Å²) in [6, 6.07) is 6.63. The summed E-state index contributed by atoms with van der Waals surface area (Å²) < 4.78 is 60.8. The molecule has 0 N–H and O–H groups in total. The number of rotatable bonds is 4. The third-order valence-electron chi connectivity index (χ3n) is 4.94. The molecule has 6 heteroatoms. The van der Waals surface area contributed by atoms with Crippen LogP contribution in [-0.4, -0.2) is 0 Å². The first-order valence-corrected chi connectivity index (χ1v) is 8.96. The van der Waals surface area contributed by atoms with Crippen molar-refractivity contribution in [2.45, 2.75) is 44.6 Å². The Morgan fingerprint density at radius 1 is 0.962 bits per heavy atom. The highest BCUT2D eigenvalue weighted by Crippen LogP contribution is 2.38. The lowest BCUT2D eigenvalue weighted by molar-refractivity contribution is -0.187. The molecule has 2 aromatic rings. The highest BCUT2D eigenvalue weighted by molar-refractivity contribution is 6.30.